The van der Waals surface area contributed by atoms with E-state index in [1.165, 1.54) is 6.07 Å². The fraction of sp³-hybridized carbons (Fsp3) is 0.0833. The van der Waals surface area contributed by atoms with Crippen molar-refractivity contribution in [1.29, 1.82) is 0 Å². The molecule has 0 aliphatic heterocycles. The molecule has 0 bridgehead atoms. The summed E-state index contributed by atoms with van der Waals surface area (Å²) in [5.74, 6) is 0. The van der Waals surface area contributed by atoms with Gasteiger partial charge in [0.1, 0.15) is 0 Å². The molecule has 0 spiro atoms. The van der Waals surface area contributed by atoms with Crippen molar-refractivity contribution in [3.05, 3.63) is 53.3 Å². The highest BCUT2D eigenvalue weighted by Gasteiger charge is 2.30. The molecule has 0 unspecified atom stereocenters. The van der Waals surface area contributed by atoms with Gasteiger partial charge >= 0.3 is 6.18 Å². The van der Waals surface area contributed by atoms with E-state index in [2.05, 4.69) is 20.9 Å². The van der Waals surface area contributed by atoms with Gasteiger partial charge in [0.25, 0.3) is 0 Å². The summed E-state index contributed by atoms with van der Waals surface area (Å²) in [6, 6.07) is 3.23. The second-order valence-corrected chi connectivity index (χ2v) is 4.25. The molecule has 17 heavy (non-hydrogen) atoms. The van der Waals surface area contributed by atoms with Crippen LogP contribution in [0.1, 0.15) is 16.8 Å². The van der Waals surface area contributed by atoms with Crippen LogP contribution in [0.5, 0.6) is 0 Å². The lowest BCUT2D eigenvalue weighted by Crippen LogP contribution is -2.05. The Hall–Kier alpha value is -1.10. The van der Waals surface area contributed by atoms with Gasteiger partial charge in [0.2, 0.25) is 0 Å². The van der Waals surface area contributed by atoms with Gasteiger partial charge in [0.05, 0.1) is 16.8 Å². The number of hydrogen-bond donors (Lipinski definition) is 0. The minimum atomic E-state index is -4.40. The van der Waals surface area contributed by atoms with Crippen molar-refractivity contribution in [2.45, 2.75) is 6.18 Å². The quantitative estimate of drug-likeness (QED) is 0.712. The molecule has 0 aliphatic rings. The molecule has 0 atom stereocenters. The normalized spacial score (nSPS) is 12.1. The lowest BCUT2D eigenvalue weighted by Gasteiger charge is -2.10. The van der Waals surface area contributed by atoms with Gasteiger partial charge in [0.15, 0.2) is 0 Å². The predicted octanol–water partition coefficient (Wildman–Crippen LogP) is 4.13. The Morgan fingerprint density at radius 1 is 1.18 bits per heavy atom. The molecule has 4 radical (unpaired) electrons. The van der Waals surface area contributed by atoms with Gasteiger partial charge in [-0.15, -0.1) is 0 Å². The lowest BCUT2D eigenvalue weighted by molar-refractivity contribution is -0.137. The van der Waals surface area contributed by atoms with E-state index in [9.17, 15) is 13.2 Å². The fourth-order valence-corrected chi connectivity index (χ4v) is 1.97. The third kappa shape index (κ3) is 2.16. The highest BCUT2D eigenvalue weighted by Crippen LogP contribution is 2.34. The van der Waals surface area contributed by atoms with Crippen LogP contribution in [0.25, 0.3) is 10.9 Å². The molecule has 0 saturated heterocycles. The van der Waals surface area contributed by atoms with Crippen LogP contribution < -0.4 is 0 Å². The van der Waals surface area contributed by atoms with Crippen molar-refractivity contribution < 1.29 is 13.2 Å². The Morgan fingerprint density at radius 2 is 1.82 bits per heavy atom. The van der Waals surface area contributed by atoms with Crippen LogP contribution >= 0.6 is 15.9 Å². The second-order valence-electron chi connectivity index (χ2n) is 3.45. The number of halogens is 4. The smallest absolute Gasteiger partial charge is 0.252 e. The zero-order valence-electron chi connectivity index (χ0n) is 8.35. The van der Waals surface area contributed by atoms with Gasteiger partial charge in [0, 0.05) is 23.7 Å². The van der Waals surface area contributed by atoms with Gasteiger partial charge in [-0.25, -0.2) is 0 Å². The molecule has 0 saturated carbocycles. The van der Waals surface area contributed by atoms with E-state index in [1.54, 1.807) is 0 Å². The predicted molar refractivity (Wildman–Crippen MR) is 61.2 cm³/mol. The highest BCUT2D eigenvalue weighted by molar-refractivity contribution is 9.10. The number of benzene rings is 1. The van der Waals surface area contributed by atoms with Crippen LogP contribution in [0.4, 0.5) is 13.2 Å². The summed E-state index contributed by atoms with van der Waals surface area (Å²) in [4.78, 5) is 3.83. The molecule has 0 fully saturated rings. The third-order valence-electron chi connectivity index (χ3n) is 2.31. The van der Waals surface area contributed by atoms with Crippen LogP contribution in [0, 0.1) is 13.8 Å². The molecule has 0 N–H and O–H groups in total. The summed E-state index contributed by atoms with van der Waals surface area (Å²) in [6.45, 7) is 11.1. The maximum absolute atomic E-state index is 12.5. The largest absolute Gasteiger partial charge is 0.416 e. The minimum Gasteiger partial charge on any atom is -0.252 e. The van der Waals surface area contributed by atoms with E-state index in [1.807, 2.05) is 0 Å². The SMILES string of the molecule is [CH]c1nc2cc(C(F)(F)F)ccc2c(Br)c1[CH]. The number of fused-ring (bicyclic) bond motifs is 1. The summed E-state index contributed by atoms with van der Waals surface area (Å²) in [7, 11) is 0. The summed E-state index contributed by atoms with van der Waals surface area (Å²) in [5.41, 5.74) is -0.395. The number of aromatic nitrogens is 1. The Labute approximate surface area is 105 Å². The first-order valence-electron chi connectivity index (χ1n) is 4.52. The zero-order chi connectivity index (χ0) is 12.8. The van der Waals surface area contributed by atoms with Crippen LogP contribution in [-0.4, -0.2) is 4.98 Å². The van der Waals surface area contributed by atoms with Crippen molar-refractivity contribution in [1.82, 2.24) is 4.98 Å². The van der Waals surface area contributed by atoms with Gasteiger partial charge in [-0.2, -0.15) is 13.2 Å². The van der Waals surface area contributed by atoms with Gasteiger partial charge in [-0.3, -0.25) is 4.98 Å². The first kappa shape index (κ1) is 12.4. The van der Waals surface area contributed by atoms with E-state index in [4.69, 9.17) is 13.8 Å². The molecule has 0 aliphatic carbocycles. The van der Waals surface area contributed by atoms with Crippen LogP contribution in [-0.2, 0) is 6.18 Å². The van der Waals surface area contributed by atoms with Crippen LogP contribution in [0.3, 0.4) is 0 Å². The number of nitrogens with zero attached hydrogens (tertiary/aromatic N) is 1. The molecular formula is C12H5BrF3N. The molecule has 2 aromatic rings. The van der Waals surface area contributed by atoms with E-state index in [-0.39, 0.29) is 16.8 Å². The highest BCUT2D eigenvalue weighted by atomic mass is 79.9. The number of rotatable bonds is 0. The second kappa shape index (κ2) is 3.98. The molecule has 5 heteroatoms. The minimum absolute atomic E-state index is 0.00343. The number of alkyl halides is 3. The Kier molecular flexibility index (Phi) is 2.89. The van der Waals surface area contributed by atoms with E-state index in [0.29, 0.717) is 9.86 Å². The number of hydrogen-bond acceptors (Lipinski definition) is 1. The van der Waals surface area contributed by atoms with E-state index >= 15 is 0 Å². The van der Waals surface area contributed by atoms with Gasteiger partial charge in [-0.1, -0.05) is 6.07 Å². The van der Waals surface area contributed by atoms with Crippen LogP contribution in [0.15, 0.2) is 22.7 Å². The average Bonchev–Trinajstić information content (AvgIpc) is 2.24. The van der Waals surface area contributed by atoms with Gasteiger partial charge < -0.3 is 0 Å². The summed E-state index contributed by atoms with van der Waals surface area (Å²) in [5, 5.41) is 0.490. The first-order valence-corrected chi connectivity index (χ1v) is 5.31. The maximum atomic E-state index is 12.5. The average molecular weight is 300 g/mol. The fourth-order valence-electron chi connectivity index (χ4n) is 1.43. The molecule has 1 nitrogen and oxygen atoms in total. The van der Waals surface area contributed by atoms with Gasteiger partial charge in [-0.05, 0) is 33.6 Å². The topological polar surface area (TPSA) is 12.9 Å². The molecular weight excluding hydrogens is 295 g/mol. The molecule has 1 heterocycles. The third-order valence-corrected chi connectivity index (χ3v) is 3.17. The lowest BCUT2D eigenvalue weighted by atomic mass is 10.1. The monoisotopic (exact) mass is 299 g/mol. The van der Waals surface area contributed by atoms with Crippen LogP contribution in [0.2, 0.25) is 0 Å². The Balaban J connectivity index is 2.76. The maximum Gasteiger partial charge on any atom is 0.416 e. The molecule has 1 aromatic carbocycles. The first-order chi connectivity index (χ1) is 7.80. The van der Waals surface area contributed by atoms with Crippen molar-refractivity contribution in [3.8, 4) is 0 Å². The number of pyridine rings is 1. The summed E-state index contributed by atoms with van der Waals surface area (Å²) in [6.07, 6.45) is -4.40. The molecule has 0 amide bonds. The molecule has 86 valence electrons. The van der Waals surface area contributed by atoms with Crippen molar-refractivity contribution >= 4 is 26.8 Å². The van der Waals surface area contributed by atoms with Crippen molar-refractivity contribution in [2.24, 2.45) is 0 Å². The zero-order valence-corrected chi connectivity index (χ0v) is 9.93. The van der Waals surface area contributed by atoms with Crippen molar-refractivity contribution in [2.75, 3.05) is 0 Å². The molecule has 1 aromatic heterocycles. The standard InChI is InChI=1S/C12H5BrF3N/c1-6-7(2)17-10-5-8(12(14,15)16)3-4-9(10)11(6)13/h1-5H. The Morgan fingerprint density at radius 3 is 2.41 bits per heavy atom. The summed E-state index contributed by atoms with van der Waals surface area (Å²) >= 11 is 3.18. The van der Waals surface area contributed by atoms with Crippen molar-refractivity contribution in [3.63, 3.8) is 0 Å². The Bertz CT molecular complexity index is 590. The molecule has 2 rings (SSSR count). The van der Waals surface area contributed by atoms with E-state index in [0.717, 1.165) is 12.1 Å². The summed E-state index contributed by atoms with van der Waals surface area (Å²) < 4.78 is 38.0. The van der Waals surface area contributed by atoms with E-state index < -0.39 is 11.7 Å².